The van der Waals surface area contributed by atoms with Crippen molar-refractivity contribution >= 4 is 27.5 Å². The van der Waals surface area contributed by atoms with E-state index in [2.05, 4.69) is 15.0 Å². The molecule has 154 valence electrons. The van der Waals surface area contributed by atoms with Gasteiger partial charge in [-0.25, -0.2) is 18.1 Å². The molecule has 0 amide bonds. The number of nitriles is 1. The Morgan fingerprint density at radius 1 is 1.38 bits per heavy atom. The molecule has 0 unspecified atom stereocenters. The molecule has 2 N–H and O–H groups in total. The van der Waals surface area contributed by atoms with Crippen LogP contribution in [0, 0.1) is 11.3 Å². The minimum absolute atomic E-state index is 0.0482. The molecule has 1 aromatic carbocycles. The fraction of sp³-hybridized carbons (Fsp3) is 0.389. The number of sulfonamides is 1. The van der Waals surface area contributed by atoms with Crippen LogP contribution in [0.2, 0.25) is 0 Å². The third-order valence-corrected chi connectivity index (χ3v) is 6.99. The maximum atomic E-state index is 13.0. The number of anilines is 1. The van der Waals surface area contributed by atoms with Crippen LogP contribution < -0.4 is 20.3 Å². The zero-order chi connectivity index (χ0) is 20.9. The van der Waals surface area contributed by atoms with Gasteiger partial charge < -0.3 is 10.1 Å². The van der Waals surface area contributed by atoms with E-state index in [0.29, 0.717) is 47.5 Å². The molecular formula is C18H21N5O4S2. The maximum absolute atomic E-state index is 13.0. The van der Waals surface area contributed by atoms with Gasteiger partial charge in [-0.05, 0) is 31.2 Å². The van der Waals surface area contributed by atoms with Crippen molar-refractivity contribution in [2.45, 2.75) is 24.9 Å². The number of rotatable bonds is 9. The van der Waals surface area contributed by atoms with Gasteiger partial charge in [0.05, 0.1) is 24.1 Å². The second-order valence-corrected chi connectivity index (χ2v) is 9.25. The number of nitrogens with zero attached hydrogens (tertiary/aromatic N) is 3. The number of hydrogen-bond donors (Lipinski definition) is 2. The summed E-state index contributed by atoms with van der Waals surface area (Å²) in [6.45, 7) is 3.07. The molecule has 0 atom stereocenters. The van der Waals surface area contributed by atoms with Crippen molar-refractivity contribution in [3.8, 4) is 17.5 Å². The van der Waals surface area contributed by atoms with Crippen LogP contribution in [0.25, 0.3) is 5.69 Å². The lowest BCUT2D eigenvalue weighted by Gasteiger charge is -2.14. The van der Waals surface area contributed by atoms with Crippen molar-refractivity contribution < 1.29 is 13.2 Å². The summed E-state index contributed by atoms with van der Waals surface area (Å²) < 4.78 is 33.6. The molecule has 0 radical (unpaired) electrons. The Bertz CT molecular complexity index is 1080. The van der Waals surface area contributed by atoms with Gasteiger partial charge in [-0.2, -0.15) is 5.26 Å². The number of ether oxygens (including phenoxy) is 1. The summed E-state index contributed by atoms with van der Waals surface area (Å²) in [6.07, 6.45) is 0.693. The van der Waals surface area contributed by atoms with E-state index in [0.717, 1.165) is 11.8 Å². The molecule has 11 heteroatoms. The van der Waals surface area contributed by atoms with Gasteiger partial charge in [-0.1, -0.05) is 11.8 Å². The molecule has 9 nitrogen and oxygen atoms in total. The first-order chi connectivity index (χ1) is 13.9. The molecule has 0 saturated carbocycles. The van der Waals surface area contributed by atoms with E-state index in [1.54, 1.807) is 24.3 Å². The lowest BCUT2D eigenvalue weighted by molar-refractivity contribution is 0.340. The minimum Gasteiger partial charge on any atom is -0.494 e. The Labute approximate surface area is 173 Å². The van der Waals surface area contributed by atoms with Gasteiger partial charge in [-0.3, -0.25) is 9.36 Å². The number of fused-ring (bicyclic) bond motifs is 1. The van der Waals surface area contributed by atoms with Crippen LogP contribution in [0.4, 0.5) is 5.69 Å². The summed E-state index contributed by atoms with van der Waals surface area (Å²) in [7, 11) is -3.62. The van der Waals surface area contributed by atoms with E-state index in [-0.39, 0.29) is 23.6 Å². The van der Waals surface area contributed by atoms with Crippen LogP contribution >= 0.6 is 11.8 Å². The average molecular weight is 436 g/mol. The van der Waals surface area contributed by atoms with Crippen molar-refractivity contribution in [3.63, 3.8) is 0 Å². The highest BCUT2D eigenvalue weighted by Crippen LogP contribution is 2.26. The van der Waals surface area contributed by atoms with Gasteiger partial charge in [-0.15, -0.1) is 0 Å². The van der Waals surface area contributed by atoms with Gasteiger partial charge in [0.25, 0.3) is 5.56 Å². The highest BCUT2D eigenvalue weighted by atomic mass is 32.3. The summed E-state index contributed by atoms with van der Waals surface area (Å²) in [5.74, 6) is 0.676. The fourth-order valence-electron chi connectivity index (χ4n) is 2.82. The van der Waals surface area contributed by atoms with Gasteiger partial charge in [0.15, 0.2) is 5.16 Å². The predicted molar refractivity (Wildman–Crippen MR) is 111 cm³/mol. The number of hydrogen-bond acceptors (Lipinski definition) is 8. The third kappa shape index (κ3) is 5.09. The monoisotopic (exact) mass is 435 g/mol. The molecule has 29 heavy (non-hydrogen) atoms. The van der Waals surface area contributed by atoms with E-state index in [1.807, 2.05) is 13.0 Å². The standard InChI is InChI=1S/C18H21N5O4S2/c1-2-27-14-6-4-13(5-7-14)23-17(24)16-15(8-11-20-16)22-18(23)28-12-29(25,26)21-10-3-9-19/h4-7,20-21H,2-3,8,10-12H2,1H3. The Kier molecular flexibility index (Phi) is 6.79. The normalized spacial score (nSPS) is 12.8. The molecule has 2 heterocycles. The summed E-state index contributed by atoms with van der Waals surface area (Å²) >= 11 is 0.961. The SMILES string of the molecule is CCOc1ccc(-n2c(SCS(=O)(=O)NCCC#N)nc3c(c2=O)NCC3)cc1. The van der Waals surface area contributed by atoms with E-state index < -0.39 is 10.0 Å². The first kappa shape index (κ1) is 21.2. The highest BCUT2D eigenvalue weighted by Gasteiger charge is 2.23. The first-order valence-corrected chi connectivity index (χ1v) is 11.7. The molecule has 1 aliphatic heterocycles. The number of aromatic nitrogens is 2. The predicted octanol–water partition coefficient (Wildman–Crippen LogP) is 1.48. The molecular weight excluding hydrogens is 414 g/mol. The van der Waals surface area contributed by atoms with Crippen LogP contribution in [0.1, 0.15) is 19.0 Å². The van der Waals surface area contributed by atoms with E-state index in [4.69, 9.17) is 10.00 Å². The Hall–Kier alpha value is -2.55. The highest BCUT2D eigenvalue weighted by molar-refractivity contribution is 8.11. The van der Waals surface area contributed by atoms with Gasteiger partial charge >= 0.3 is 0 Å². The van der Waals surface area contributed by atoms with Crippen LogP contribution in [0.3, 0.4) is 0 Å². The van der Waals surface area contributed by atoms with Crippen molar-refractivity contribution in [2.75, 3.05) is 30.1 Å². The smallest absolute Gasteiger partial charge is 0.282 e. The van der Waals surface area contributed by atoms with Crippen molar-refractivity contribution in [3.05, 3.63) is 40.3 Å². The Morgan fingerprint density at radius 3 is 2.83 bits per heavy atom. The number of nitrogens with one attached hydrogen (secondary N) is 2. The van der Waals surface area contributed by atoms with Crippen molar-refractivity contribution in [1.82, 2.24) is 14.3 Å². The zero-order valence-electron chi connectivity index (χ0n) is 15.8. The number of benzene rings is 1. The minimum atomic E-state index is -3.62. The molecule has 2 aromatic rings. The van der Waals surface area contributed by atoms with Crippen molar-refractivity contribution in [1.29, 1.82) is 5.26 Å². The quantitative estimate of drug-likeness (QED) is 0.345. The summed E-state index contributed by atoms with van der Waals surface area (Å²) in [5.41, 5.74) is 1.38. The average Bonchev–Trinajstić information content (AvgIpc) is 3.17. The van der Waals surface area contributed by atoms with E-state index in [9.17, 15) is 13.2 Å². The van der Waals surface area contributed by atoms with Crippen LogP contribution in [0.15, 0.2) is 34.2 Å². The molecule has 0 saturated heterocycles. The van der Waals surface area contributed by atoms with Gasteiger partial charge in [0.2, 0.25) is 10.0 Å². The molecule has 0 spiro atoms. The molecule has 0 fully saturated rings. The number of thioether (sulfide) groups is 1. The van der Waals surface area contributed by atoms with Gasteiger partial charge in [0.1, 0.15) is 16.5 Å². The van der Waals surface area contributed by atoms with Gasteiger partial charge in [0, 0.05) is 25.9 Å². The summed E-state index contributed by atoms with van der Waals surface area (Å²) in [6, 6.07) is 8.86. The fourth-order valence-corrected chi connectivity index (χ4v) is 5.11. The lowest BCUT2D eigenvalue weighted by atomic mass is 10.3. The zero-order valence-corrected chi connectivity index (χ0v) is 17.5. The second-order valence-electron chi connectivity index (χ2n) is 6.14. The topological polar surface area (TPSA) is 126 Å². The largest absolute Gasteiger partial charge is 0.494 e. The molecule has 3 rings (SSSR count). The maximum Gasteiger partial charge on any atom is 0.282 e. The Morgan fingerprint density at radius 2 is 2.14 bits per heavy atom. The molecule has 0 aliphatic carbocycles. The van der Waals surface area contributed by atoms with Crippen molar-refractivity contribution in [2.24, 2.45) is 0 Å². The van der Waals surface area contributed by atoms with Crippen LogP contribution in [-0.4, -0.2) is 42.8 Å². The summed E-state index contributed by atoms with van der Waals surface area (Å²) in [5, 5.41) is 11.6. The van der Waals surface area contributed by atoms with E-state index >= 15 is 0 Å². The van der Waals surface area contributed by atoms with Crippen LogP contribution in [-0.2, 0) is 16.4 Å². The summed E-state index contributed by atoms with van der Waals surface area (Å²) in [4.78, 5) is 17.6. The molecule has 1 aliphatic rings. The Balaban J connectivity index is 1.93. The third-order valence-electron chi connectivity index (χ3n) is 4.10. The van der Waals surface area contributed by atoms with E-state index in [1.165, 1.54) is 4.57 Å². The van der Waals surface area contributed by atoms with Crippen LogP contribution in [0.5, 0.6) is 5.75 Å². The lowest BCUT2D eigenvalue weighted by Crippen LogP contribution is -2.27. The molecule has 1 aromatic heterocycles. The first-order valence-electron chi connectivity index (χ1n) is 9.05. The second kappa shape index (κ2) is 9.30. The molecule has 0 bridgehead atoms.